The van der Waals surface area contributed by atoms with Crippen molar-refractivity contribution in [3.05, 3.63) is 42.0 Å². The Hall–Kier alpha value is -1.54. The van der Waals surface area contributed by atoms with E-state index in [1.807, 2.05) is 13.0 Å². The summed E-state index contributed by atoms with van der Waals surface area (Å²) in [5.41, 5.74) is 1.20. The predicted octanol–water partition coefficient (Wildman–Crippen LogP) is 3.95. The SMILES string of the molecule is CCOc1ccc2cc(C(C)OC)ccc2c1. The molecule has 2 aromatic rings. The van der Waals surface area contributed by atoms with Gasteiger partial charge in [0.25, 0.3) is 0 Å². The monoisotopic (exact) mass is 230 g/mol. The van der Waals surface area contributed by atoms with Crippen molar-refractivity contribution in [1.29, 1.82) is 0 Å². The van der Waals surface area contributed by atoms with Gasteiger partial charge in [0, 0.05) is 7.11 Å². The maximum absolute atomic E-state index is 5.49. The fraction of sp³-hybridized carbons (Fsp3) is 0.333. The van der Waals surface area contributed by atoms with Crippen molar-refractivity contribution in [2.75, 3.05) is 13.7 Å². The lowest BCUT2D eigenvalue weighted by molar-refractivity contribution is 0.119. The molecular formula is C15H18O2. The van der Waals surface area contributed by atoms with Gasteiger partial charge < -0.3 is 9.47 Å². The molecule has 0 saturated heterocycles. The Balaban J connectivity index is 2.39. The van der Waals surface area contributed by atoms with Gasteiger partial charge in [-0.3, -0.25) is 0 Å². The van der Waals surface area contributed by atoms with Crippen LogP contribution >= 0.6 is 0 Å². The van der Waals surface area contributed by atoms with Crippen LogP contribution in [0, 0.1) is 0 Å². The van der Waals surface area contributed by atoms with E-state index in [0.717, 1.165) is 5.75 Å². The average Bonchev–Trinajstić information content (AvgIpc) is 2.37. The zero-order chi connectivity index (χ0) is 12.3. The molecule has 0 aliphatic carbocycles. The molecule has 0 saturated carbocycles. The molecule has 0 aliphatic heterocycles. The maximum Gasteiger partial charge on any atom is 0.119 e. The molecular weight excluding hydrogens is 212 g/mol. The van der Waals surface area contributed by atoms with Gasteiger partial charge in [0.2, 0.25) is 0 Å². The summed E-state index contributed by atoms with van der Waals surface area (Å²) in [6.07, 6.45) is 0.131. The number of fused-ring (bicyclic) bond motifs is 1. The molecule has 1 atom stereocenters. The summed E-state index contributed by atoms with van der Waals surface area (Å²) in [4.78, 5) is 0. The molecule has 0 fully saturated rings. The van der Waals surface area contributed by atoms with Gasteiger partial charge in [-0.1, -0.05) is 18.2 Å². The van der Waals surface area contributed by atoms with E-state index >= 15 is 0 Å². The van der Waals surface area contributed by atoms with Crippen molar-refractivity contribution in [3.8, 4) is 5.75 Å². The number of rotatable bonds is 4. The Labute approximate surface area is 102 Å². The predicted molar refractivity (Wildman–Crippen MR) is 70.5 cm³/mol. The van der Waals surface area contributed by atoms with E-state index in [9.17, 15) is 0 Å². The number of methoxy groups -OCH3 is 1. The number of ether oxygens (including phenoxy) is 2. The van der Waals surface area contributed by atoms with Crippen molar-refractivity contribution in [3.63, 3.8) is 0 Å². The first kappa shape index (κ1) is 11.9. The molecule has 0 heterocycles. The van der Waals surface area contributed by atoms with E-state index in [-0.39, 0.29) is 6.10 Å². The van der Waals surface area contributed by atoms with Crippen LogP contribution in [0.3, 0.4) is 0 Å². The summed E-state index contributed by atoms with van der Waals surface area (Å²) < 4.78 is 10.8. The van der Waals surface area contributed by atoms with Crippen LogP contribution in [-0.4, -0.2) is 13.7 Å². The van der Waals surface area contributed by atoms with E-state index in [4.69, 9.17) is 9.47 Å². The van der Waals surface area contributed by atoms with E-state index in [2.05, 4.69) is 37.3 Å². The molecule has 0 N–H and O–H groups in total. The normalized spacial score (nSPS) is 12.6. The highest BCUT2D eigenvalue weighted by atomic mass is 16.5. The quantitative estimate of drug-likeness (QED) is 0.791. The van der Waals surface area contributed by atoms with Gasteiger partial charge in [-0.2, -0.15) is 0 Å². The van der Waals surface area contributed by atoms with Crippen molar-refractivity contribution >= 4 is 10.8 Å². The summed E-state index contributed by atoms with van der Waals surface area (Å²) in [5.74, 6) is 0.924. The van der Waals surface area contributed by atoms with Crippen LogP contribution in [0.1, 0.15) is 25.5 Å². The Kier molecular flexibility index (Phi) is 3.64. The smallest absolute Gasteiger partial charge is 0.119 e. The molecule has 17 heavy (non-hydrogen) atoms. The van der Waals surface area contributed by atoms with Gasteiger partial charge in [0.15, 0.2) is 0 Å². The third-order valence-electron chi connectivity index (χ3n) is 2.97. The van der Waals surface area contributed by atoms with Crippen LogP contribution < -0.4 is 4.74 Å². The molecule has 0 radical (unpaired) electrons. The largest absolute Gasteiger partial charge is 0.494 e. The first-order valence-electron chi connectivity index (χ1n) is 5.94. The lowest BCUT2D eigenvalue weighted by atomic mass is 10.0. The summed E-state index contributed by atoms with van der Waals surface area (Å²) in [6.45, 7) is 4.74. The van der Waals surface area contributed by atoms with Crippen molar-refractivity contribution in [2.45, 2.75) is 20.0 Å². The Morgan fingerprint density at radius 2 is 1.76 bits per heavy atom. The maximum atomic E-state index is 5.49. The van der Waals surface area contributed by atoms with Crippen LogP contribution in [0.2, 0.25) is 0 Å². The van der Waals surface area contributed by atoms with Crippen molar-refractivity contribution in [1.82, 2.24) is 0 Å². The second-order valence-corrected chi connectivity index (χ2v) is 4.08. The fourth-order valence-corrected chi connectivity index (χ4v) is 1.89. The molecule has 1 unspecified atom stereocenters. The molecule has 0 spiro atoms. The molecule has 0 aliphatic rings. The zero-order valence-corrected chi connectivity index (χ0v) is 10.6. The highest BCUT2D eigenvalue weighted by Crippen LogP contribution is 2.25. The van der Waals surface area contributed by atoms with Gasteiger partial charge in [0.05, 0.1) is 12.7 Å². The zero-order valence-electron chi connectivity index (χ0n) is 10.6. The molecule has 0 aromatic heterocycles. The lowest BCUT2D eigenvalue weighted by Gasteiger charge is -2.11. The molecule has 90 valence electrons. The summed E-state index contributed by atoms with van der Waals surface area (Å²) in [7, 11) is 1.73. The Bertz CT molecular complexity index is 505. The van der Waals surface area contributed by atoms with Gasteiger partial charge >= 0.3 is 0 Å². The molecule has 0 bridgehead atoms. The Morgan fingerprint density at radius 3 is 2.47 bits per heavy atom. The molecule has 2 rings (SSSR count). The number of hydrogen-bond acceptors (Lipinski definition) is 2. The van der Waals surface area contributed by atoms with E-state index < -0.39 is 0 Å². The van der Waals surface area contributed by atoms with Gasteiger partial charge in [-0.05, 0) is 48.4 Å². The lowest BCUT2D eigenvalue weighted by Crippen LogP contribution is -1.95. The second kappa shape index (κ2) is 5.19. The first-order valence-corrected chi connectivity index (χ1v) is 5.94. The molecule has 2 aromatic carbocycles. The summed E-state index contributed by atoms with van der Waals surface area (Å²) >= 11 is 0. The van der Waals surface area contributed by atoms with Gasteiger partial charge in [-0.25, -0.2) is 0 Å². The third-order valence-corrected chi connectivity index (χ3v) is 2.97. The fourth-order valence-electron chi connectivity index (χ4n) is 1.89. The minimum absolute atomic E-state index is 0.131. The van der Waals surface area contributed by atoms with Crippen LogP contribution in [0.15, 0.2) is 36.4 Å². The van der Waals surface area contributed by atoms with Crippen LogP contribution in [0.5, 0.6) is 5.75 Å². The highest BCUT2D eigenvalue weighted by Gasteiger charge is 2.04. The van der Waals surface area contributed by atoms with Crippen LogP contribution in [-0.2, 0) is 4.74 Å². The van der Waals surface area contributed by atoms with Crippen molar-refractivity contribution < 1.29 is 9.47 Å². The van der Waals surface area contributed by atoms with Crippen molar-refractivity contribution in [2.24, 2.45) is 0 Å². The number of hydrogen-bond donors (Lipinski definition) is 0. The molecule has 2 heteroatoms. The number of benzene rings is 2. The van der Waals surface area contributed by atoms with Crippen LogP contribution in [0.25, 0.3) is 10.8 Å². The topological polar surface area (TPSA) is 18.5 Å². The minimum atomic E-state index is 0.131. The van der Waals surface area contributed by atoms with E-state index in [0.29, 0.717) is 6.61 Å². The second-order valence-electron chi connectivity index (χ2n) is 4.08. The van der Waals surface area contributed by atoms with Crippen LogP contribution in [0.4, 0.5) is 0 Å². The van der Waals surface area contributed by atoms with E-state index in [1.54, 1.807) is 7.11 Å². The van der Waals surface area contributed by atoms with E-state index in [1.165, 1.54) is 16.3 Å². The highest BCUT2D eigenvalue weighted by molar-refractivity contribution is 5.84. The Morgan fingerprint density at radius 1 is 1.06 bits per heavy atom. The first-order chi connectivity index (χ1) is 8.24. The summed E-state index contributed by atoms with van der Waals surface area (Å²) in [5, 5.41) is 2.41. The minimum Gasteiger partial charge on any atom is -0.494 e. The standard InChI is InChI=1S/C15H18O2/c1-4-17-15-8-7-13-9-12(11(2)16-3)5-6-14(13)10-15/h5-11H,4H2,1-3H3. The van der Waals surface area contributed by atoms with Gasteiger partial charge in [-0.15, -0.1) is 0 Å². The average molecular weight is 230 g/mol. The molecule has 0 amide bonds. The molecule has 2 nitrogen and oxygen atoms in total. The summed E-state index contributed by atoms with van der Waals surface area (Å²) in [6, 6.07) is 12.5. The third kappa shape index (κ3) is 2.59. The van der Waals surface area contributed by atoms with Gasteiger partial charge in [0.1, 0.15) is 5.75 Å².